The Balaban J connectivity index is 1.12. The number of carbonyl (C=O) groups is 2. The average molecular weight is 628 g/mol. The number of aromatic nitrogens is 4. The highest BCUT2D eigenvalue weighted by Crippen LogP contribution is 2.36. The lowest BCUT2D eigenvalue weighted by atomic mass is 10.1. The van der Waals surface area contributed by atoms with Crippen LogP contribution in [0, 0.1) is 0 Å². The highest BCUT2D eigenvalue weighted by molar-refractivity contribution is 7.19. The fraction of sp³-hybridized carbons (Fsp3) is 0.433. The predicted molar refractivity (Wildman–Crippen MR) is 161 cm³/mol. The maximum atomic E-state index is 12.6. The number of allylic oxidation sites excluding steroid dienone is 2. The number of halogens is 3. The fourth-order valence-corrected chi connectivity index (χ4v) is 6.64. The number of hydrogen-bond donors (Lipinski definition) is 1. The molecule has 4 aromatic rings. The van der Waals surface area contributed by atoms with Gasteiger partial charge in [0.1, 0.15) is 0 Å². The zero-order valence-corrected chi connectivity index (χ0v) is 24.8. The molecule has 14 heteroatoms. The smallest absolute Gasteiger partial charge is 0.378 e. The topological polar surface area (TPSA) is 108 Å². The summed E-state index contributed by atoms with van der Waals surface area (Å²) in [4.78, 5) is 42.0. The van der Waals surface area contributed by atoms with Gasteiger partial charge in [-0.3, -0.25) is 19.6 Å². The van der Waals surface area contributed by atoms with Crippen molar-refractivity contribution < 1.29 is 27.5 Å². The van der Waals surface area contributed by atoms with Crippen LogP contribution < -0.4 is 4.90 Å². The number of benzene rings is 1. The second kappa shape index (κ2) is 13.0. The largest absolute Gasteiger partial charge is 0.392 e. The Labute approximate surface area is 255 Å². The van der Waals surface area contributed by atoms with E-state index in [4.69, 9.17) is 14.7 Å². The van der Waals surface area contributed by atoms with Crippen molar-refractivity contribution in [2.45, 2.75) is 32.0 Å². The Morgan fingerprint density at radius 1 is 1.05 bits per heavy atom. The number of ketones is 1. The zero-order valence-electron chi connectivity index (χ0n) is 24.0. The number of fused-ring (bicyclic) bond motifs is 2. The van der Waals surface area contributed by atoms with E-state index in [-0.39, 0.29) is 18.7 Å². The number of thiophene rings is 1. The van der Waals surface area contributed by atoms with E-state index in [2.05, 4.69) is 26.1 Å². The molecule has 2 fully saturated rings. The second-order valence-corrected chi connectivity index (χ2v) is 12.0. The van der Waals surface area contributed by atoms with Crippen LogP contribution in [0.3, 0.4) is 0 Å². The Hall–Kier alpha value is -3.88. The zero-order chi connectivity index (χ0) is 30.7. The summed E-state index contributed by atoms with van der Waals surface area (Å²) in [6.07, 6.45) is -2.10. The molecule has 0 saturated carbocycles. The number of anilines is 1. The summed E-state index contributed by atoms with van der Waals surface area (Å²) in [5.74, 6) is 0.921. The van der Waals surface area contributed by atoms with Crippen LogP contribution in [-0.4, -0.2) is 100 Å². The normalized spacial score (nSPS) is 16.9. The fourth-order valence-electron chi connectivity index (χ4n) is 5.49. The van der Waals surface area contributed by atoms with Crippen molar-refractivity contribution >= 4 is 50.0 Å². The predicted octanol–water partition coefficient (Wildman–Crippen LogP) is 4.57. The molecule has 0 atom stereocenters. The van der Waals surface area contributed by atoms with Gasteiger partial charge in [0.05, 0.1) is 41.6 Å². The third kappa shape index (κ3) is 7.08. The van der Waals surface area contributed by atoms with Crippen LogP contribution in [0.5, 0.6) is 0 Å². The third-order valence-electron chi connectivity index (χ3n) is 7.78. The molecule has 0 unspecified atom stereocenters. The first-order valence-electron chi connectivity index (χ1n) is 14.6. The van der Waals surface area contributed by atoms with Gasteiger partial charge >= 0.3 is 6.18 Å². The number of ether oxygens (including phenoxy) is 1. The minimum atomic E-state index is -4.35. The van der Waals surface area contributed by atoms with E-state index in [0.29, 0.717) is 51.8 Å². The number of rotatable bonds is 9. The van der Waals surface area contributed by atoms with E-state index in [0.717, 1.165) is 62.6 Å². The van der Waals surface area contributed by atoms with Crippen LogP contribution in [-0.2, 0) is 20.9 Å². The summed E-state index contributed by atoms with van der Waals surface area (Å²) in [6.45, 7) is 5.90. The molecule has 1 N–H and O–H groups in total. The van der Waals surface area contributed by atoms with Gasteiger partial charge in [0, 0.05) is 74.5 Å². The molecule has 0 bridgehead atoms. The SMILES string of the molecule is O=C(/C=C/CC(F)(F)F)CCC(=O)N1CCN(Cc2cc3nc(-c4cccc5[nH]ncc45)nc(N4CCOCC4)c3s2)CC1. The van der Waals surface area contributed by atoms with Crippen molar-refractivity contribution in [2.75, 3.05) is 57.4 Å². The first kappa shape index (κ1) is 30.2. The highest BCUT2D eigenvalue weighted by atomic mass is 32.1. The summed E-state index contributed by atoms with van der Waals surface area (Å²) in [5, 5.41) is 8.17. The summed E-state index contributed by atoms with van der Waals surface area (Å²) < 4.78 is 43.4. The van der Waals surface area contributed by atoms with Gasteiger partial charge in [-0.25, -0.2) is 9.97 Å². The van der Waals surface area contributed by atoms with Gasteiger partial charge in [-0.05, 0) is 18.2 Å². The minimum Gasteiger partial charge on any atom is -0.378 e. The average Bonchev–Trinajstić information content (AvgIpc) is 3.66. The molecule has 10 nitrogen and oxygen atoms in total. The molecule has 2 aliphatic heterocycles. The van der Waals surface area contributed by atoms with Crippen molar-refractivity contribution in [3.05, 3.63) is 47.5 Å². The Morgan fingerprint density at radius 3 is 2.61 bits per heavy atom. The van der Waals surface area contributed by atoms with Crippen molar-refractivity contribution in [3.63, 3.8) is 0 Å². The lowest BCUT2D eigenvalue weighted by Gasteiger charge is -2.34. The van der Waals surface area contributed by atoms with E-state index < -0.39 is 18.4 Å². The second-order valence-electron chi connectivity index (χ2n) is 10.9. The number of hydrogen-bond acceptors (Lipinski definition) is 9. The van der Waals surface area contributed by atoms with E-state index in [9.17, 15) is 22.8 Å². The standard InChI is InChI=1S/C30H32F3N7O3S/c31-30(32,33)8-2-3-20(41)6-7-26(42)39-11-9-38(10-12-39)19-21-17-25-27(44-21)29(40-13-15-43-16-14-40)36-28(35-25)22-4-1-5-24-23(22)18-34-37-24/h1-5,17-18H,6-16,19H2,(H,34,37)/b3-2+. The van der Waals surface area contributed by atoms with Gasteiger partial charge in [-0.1, -0.05) is 18.2 Å². The lowest BCUT2D eigenvalue weighted by molar-refractivity contribution is -0.134. The Bertz CT molecular complexity index is 1670. The van der Waals surface area contributed by atoms with Crippen LogP contribution in [0.1, 0.15) is 24.1 Å². The van der Waals surface area contributed by atoms with Gasteiger partial charge in [-0.15, -0.1) is 11.3 Å². The van der Waals surface area contributed by atoms with Gasteiger partial charge < -0.3 is 14.5 Å². The molecule has 2 aliphatic rings. The van der Waals surface area contributed by atoms with E-state index >= 15 is 0 Å². The molecule has 3 aromatic heterocycles. The quantitative estimate of drug-likeness (QED) is 0.269. The Morgan fingerprint density at radius 2 is 1.84 bits per heavy atom. The monoisotopic (exact) mass is 627 g/mol. The number of nitrogens with zero attached hydrogens (tertiary/aromatic N) is 6. The Kier molecular flexibility index (Phi) is 8.91. The molecule has 0 aliphatic carbocycles. The number of morpholine rings is 1. The van der Waals surface area contributed by atoms with E-state index in [1.54, 1.807) is 22.4 Å². The number of alkyl halides is 3. The number of aromatic amines is 1. The summed E-state index contributed by atoms with van der Waals surface area (Å²) >= 11 is 1.68. The third-order valence-corrected chi connectivity index (χ3v) is 8.89. The van der Waals surface area contributed by atoms with Crippen LogP contribution in [0.15, 0.2) is 42.6 Å². The van der Waals surface area contributed by atoms with Crippen LogP contribution in [0.4, 0.5) is 19.0 Å². The molecule has 232 valence electrons. The number of carbonyl (C=O) groups excluding carboxylic acids is 2. The molecule has 1 aromatic carbocycles. The number of piperazine rings is 1. The molecule has 0 radical (unpaired) electrons. The molecule has 44 heavy (non-hydrogen) atoms. The molecule has 6 rings (SSSR count). The lowest BCUT2D eigenvalue weighted by Crippen LogP contribution is -2.48. The molecule has 5 heterocycles. The maximum Gasteiger partial charge on any atom is 0.392 e. The number of amides is 1. The summed E-state index contributed by atoms with van der Waals surface area (Å²) in [7, 11) is 0. The van der Waals surface area contributed by atoms with Crippen LogP contribution in [0.25, 0.3) is 32.5 Å². The molecular weight excluding hydrogens is 595 g/mol. The molecule has 1 amide bonds. The molecule has 0 spiro atoms. The van der Waals surface area contributed by atoms with Crippen molar-refractivity contribution in [1.29, 1.82) is 0 Å². The van der Waals surface area contributed by atoms with E-state index in [1.807, 2.05) is 18.2 Å². The molecular formula is C30H32F3N7O3S. The van der Waals surface area contributed by atoms with Crippen molar-refractivity contribution in [1.82, 2.24) is 30.0 Å². The van der Waals surface area contributed by atoms with Gasteiger partial charge in [0.25, 0.3) is 0 Å². The minimum absolute atomic E-state index is 0.0106. The number of nitrogens with one attached hydrogen (secondary N) is 1. The molecule has 2 saturated heterocycles. The van der Waals surface area contributed by atoms with Crippen LogP contribution in [0.2, 0.25) is 0 Å². The van der Waals surface area contributed by atoms with Gasteiger partial charge in [-0.2, -0.15) is 18.3 Å². The highest BCUT2D eigenvalue weighted by Gasteiger charge is 2.26. The summed E-state index contributed by atoms with van der Waals surface area (Å²) in [5.41, 5.74) is 2.73. The van der Waals surface area contributed by atoms with Crippen molar-refractivity contribution in [2.24, 2.45) is 0 Å². The van der Waals surface area contributed by atoms with Crippen LogP contribution >= 0.6 is 11.3 Å². The van der Waals surface area contributed by atoms with Crippen molar-refractivity contribution in [3.8, 4) is 11.4 Å². The van der Waals surface area contributed by atoms with Gasteiger partial charge in [0.15, 0.2) is 17.4 Å². The summed E-state index contributed by atoms with van der Waals surface area (Å²) in [6, 6.07) is 8.08. The van der Waals surface area contributed by atoms with E-state index in [1.165, 1.54) is 0 Å². The van der Waals surface area contributed by atoms with Gasteiger partial charge in [0.2, 0.25) is 5.91 Å². The number of H-pyrrole nitrogens is 1. The first-order chi connectivity index (χ1) is 21.2. The first-order valence-corrected chi connectivity index (χ1v) is 15.4. The maximum absolute atomic E-state index is 12.6.